The summed E-state index contributed by atoms with van der Waals surface area (Å²) in [4.78, 5) is 28.3. The number of piperidine rings is 1. The van der Waals surface area contributed by atoms with Gasteiger partial charge in [0.05, 0.1) is 5.69 Å². The standard InChI is InChI=1S/C14H18F3N3O3/c1-7-12(23-9(3)18-7)13(22)20-6-10(19-8(2)21)4-5-11(20)14(15,16)17/h10-11H,4-6H2,1-3H3,(H,19,21)/t10-,11-/m0/s1. The Balaban J connectivity index is 2.29. The van der Waals surface area contributed by atoms with Gasteiger partial charge in [-0.1, -0.05) is 0 Å². The second-order valence-corrected chi connectivity index (χ2v) is 5.64. The molecule has 6 nitrogen and oxygen atoms in total. The number of nitrogens with zero attached hydrogens (tertiary/aromatic N) is 2. The number of amides is 2. The summed E-state index contributed by atoms with van der Waals surface area (Å²) in [6, 6.07) is -2.41. The molecule has 2 atom stereocenters. The summed E-state index contributed by atoms with van der Waals surface area (Å²) in [7, 11) is 0. The van der Waals surface area contributed by atoms with Gasteiger partial charge in [0, 0.05) is 26.4 Å². The average Bonchev–Trinajstić information content (AvgIpc) is 2.74. The topological polar surface area (TPSA) is 75.4 Å². The Bertz CT molecular complexity index is 612. The van der Waals surface area contributed by atoms with Gasteiger partial charge in [-0.15, -0.1) is 0 Å². The molecule has 0 bridgehead atoms. The van der Waals surface area contributed by atoms with Crippen molar-refractivity contribution in [1.29, 1.82) is 0 Å². The first-order valence-electron chi connectivity index (χ1n) is 7.18. The summed E-state index contributed by atoms with van der Waals surface area (Å²) in [6.45, 7) is 4.08. The molecule has 1 saturated heterocycles. The number of carbonyl (C=O) groups is 2. The number of nitrogens with one attached hydrogen (secondary N) is 1. The van der Waals surface area contributed by atoms with Crippen molar-refractivity contribution >= 4 is 11.8 Å². The number of rotatable bonds is 2. The molecular formula is C14H18F3N3O3. The van der Waals surface area contributed by atoms with Crippen LogP contribution in [0, 0.1) is 13.8 Å². The summed E-state index contributed by atoms with van der Waals surface area (Å²) >= 11 is 0. The van der Waals surface area contributed by atoms with Crippen molar-refractivity contribution in [1.82, 2.24) is 15.2 Å². The Kier molecular flexibility index (Phi) is 4.67. The van der Waals surface area contributed by atoms with Crippen molar-refractivity contribution in [3.63, 3.8) is 0 Å². The van der Waals surface area contributed by atoms with Crippen LogP contribution in [0.15, 0.2) is 4.42 Å². The highest BCUT2D eigenvalue weighted by Crippen LogP contribution is 2.33. The number of carbonyl (C=O) groups excluding carboxylic acids is 2. The van der Waals surface area contributed by atoms with E-state index in [2.05, 4.69) is 10.3 Å². The van der Waals surface area contributed by atoms with Crippen LogP contribution in [-0.2, 0) is 4.79 Å². The molecule has 0 unspecified atom stereocenters. The van der Waals surface area contributed by atoms with Crippen molar-refractivity contribution < 1.29 is 27.2 Å². The van der Waals surface area contributed by atoms with Crippen LogP contribution in [-0.4, -0.2) is 46.5 Å². The molecule has 0 aliphatic carbocycles. The zero-order chi connectivity index (χ0) is 17.4. The summed E-state index contributed by atoms with van der Waals surface area (Å²) in [5, 5.41) is 2.56. The lowest BCUT2D eigenvalue weighted by Crippen LogP contribution is -2.58. The van der Waals surface area contributed by atoms with Gasteiger partial charge in [0.1, 0.15) is 6.04 Å². The van der Waals surface area contributed by atoms with E-state index < -0.39 is 24.2 Å². The van der Waals surface area contributed by atoms with Crippen LogP contribution in [0.3, 0.4) is 0 Å². The Morgan fingerprint density at radius 3 is 2.43 bits per heavy atom. The van der Waals surface area contributed by atoms with Crippen LogP contribution >= 0.6 is 0 Å². The van der Waals surface area contributed by atoms with Crippen LogP contribution in [0.25, 0.3) is 0 Å². The average molecular weight is 333 g/mol. The van der Waals surface area contributed by atoms with E-state index in [1.807, 2.05) is 0 Å². The molecular weight excluding hydrogens is 315 g/mol. The largest absolute Gasteiger partial charge is 0.436 e. The maximum Gasteiger partial charge on any atom is 0.408 e. The first-order valence-corrected chi connectivity index (χ1v) is 7.18. The number of hydrogen-bond donors (Lipinski definition) is 1. The molecule has 23 heavy (non-hydrogen) atoms. The molecule has 2 heterocycles. The van der Waals surface area contributed by atoms with Crippen molar-refractivity contribution in [2.45, 2.75) is 51.9 Å². The number of alkyl halides is 3. The predicted octanol–water partition coefficient (Wildman–Crippen LogP) is 1.96. The van der Waals surface area contributed by atoms with Crippen molar-refractivity contribution in [2.75, 3.05) is 6.54 Å². The van der Waals surface area contributed by atoms with Crippen LogP contribution in [0.2, 0.25) is 0 Å². The van der Waals surface area contributed by atoms with Crippen molar-refractivity contribution in [3.05, 3.63) is 17.3 Å². The highest BCUT2D eigenvalue weighted by Gasteiger charge is 2.49. The first kappa shape index (κ1) is 17.3. The number of likely N-dealkylation sites (tertiary alicyclic amines) is 1. The van der Waals surface area contributed by atoms with Crippen LogP contribution in [0.4, 0.5) is 13.2 Å². The number of aromatic nitrogens is 1. The van der Waals surface area contributed by atoms with Gasteiger partial charge in [-0.2, -0.15) is 13.2 Å². The second-order valence-electron chi connectivity index (χ2n) is 5.64. The van der Waals surface area contributed by atoms with E-state index in [9.17, 15) is 22.8 Å². The van der Waals surface area contributed by atoms with E-state index in [0.29, 0.717) is 0 Å². The van der Waals surface area contributed by atoms with Gasteiger partial charge in [-0.3, -0.25) is 9.59 Å². The molecule has 0 saturated carbocycles. The quantitative estimate of drug-likeness (QED) is 0.898. The third kappa shape index (κ3) is 3.83. The molecule has 1 aliphatic heterocycles. The van der Waals surface area contributed by atoms with Gasteiger partial charge in [0.15, 0.2) is 5.89 Å². The Morgan fingerprint density at radius 1 is 1.30 bits per heavy atom. The van der Waals surface area contributed by atoms with Gasteiger partial charge in [-0.25, -0.2) is 4.98 Å². The summed E-state index contributed by atoms with van der Waals surface area (Å²) in [5.74, 6) is -1.19. The first-order chi connectivity index (χ1) is 10.6. The van der Waals surface area contributed by atoms with E-state index in [0.717, 1.165) is 4.90 Å². The molecule has 128 valence electrons. The van der Waals surface area contributed by atoms with Crippen LogP contribution < -0.4 is 5.32 Å². The fourth-order valence-electron chi connectivity index (χ4n) is 2.80. The van der Waals surface area contributed by atoms with E-state index in [4.69, 9.17) is 4.42 Å². The van der Waals surface area contributed by atoms with Crippen molar-refractivity contribution in [2.24, 2.45) is 0 Å². The Morgan fingerprint density at radius 2 is 1.96 bits per heavy atom. The lowest BCUT2D eigenvalue weighted by atomic mass is 9.97. The molecule has 0 spiro atoms. The number of aryl methyl sites for hydroxylation is 2. The second kappa shape index (κ2) is 6.21. The molecule has 0 radical (unpaired) electrons. The van der Waals surface area contributed by atoms with Crippen LogP contribution in [0.5, 0.6) is 0 Å². The Labute approximate surface area is 131 Å². The minimum absolute atomic E-state index is 0.155. The number of oxazole rings is 1. The summed E-state index contributed by atoms with van der Waals surface area (Å²) in [5.41, 5.74) is 0.245. The van der Waals surface area contributed by atoms with E-state index in [-0.39, 0.29) is 42.6 Å². The van der Waals surface area contributed by atoms with E-state index in [1.165, 1.54) is 20.8 Å². The molecule has 1 aromatic heterocycles. The van der Waals surface area contributed by atoms with Crippen molar-refractivity contribution in [3.8, 4) is 0 Å². The van der Waals surface area contributed by atoms with Gasteiger partial charge in [0.2, 0.25) is 11.7 Å². The molecule has 1 aliphatic rings. The number of halogens is 3. The predicted molar refractivity (Wildman–Crippen MR) is 73.7 cm³/mol. The van der Waals surface area contributed by atoms with Gasteiger partial charge < -0.3 is 14.6 Å². The SMILES string of the molecule is CC(=O)N[C@H]1CC[C@@H](C(F)(F)F)N(C(=O)c2oc(C)nc2C)C1. The minimum Gasteiger partial charge on any atom is -0.436 e. The normalized spacial score (nSPS) is 22.1. The Hall–Kier alpha value is -2.06. The highest BCUT2D eigenvalue weighted by atomic mass is 19.4. The smallest absolute Gasteiger partial charge is 0.408 e. The molecule has 2 amide bonds. The lowest BCUT2D eigenvalue weighted by molar-refractivity contribution is -0.184. The van der Waals surface area contributed by atoms with Gasteiger partial charge in [-0.05, 0) is 19.8 Å². The molecule has 0 aromatic carbocycles. The molecule has 9 heteroatoms. The fraction of sp³-hybridized carbons (Fsp3) is 0.643. The highest BCUT2D eigenvalue weighted by molar-refractivity contribution is 5.93. The number of hydrogen-bond acceptors (Lipinski definition) is 4. The minimum atomic E-state index is -4.54. The maximum absolute atomic E-state index is 13.2. The fourth-order valence-corrected chi connectivity index (χ4v) is 2.80. The maximum atomic E-state index is 13.2. The third-order valence-corrected chi connectivity index (χ3v) is 3.73. The summed E-state index contributed by atoms with van der Waals surface area (Å²) < 4.78 is 44.9. The molecule has 2 rings (SSSR count). The van der Waals surface area contributed by atoms with Gasteiger partial charge >= 0.3 is 6.18 Å². The summed E-state index contributed by atoms with van der Waals surface area (Å²) in [6.07, 6.45) is -4.66. The van der Waals surface area contributed by atoms with Gasteiger partial charge in [0.25, 0.3) is 5.91 Å². The molecule has 1 aromatic rings. The zero-order valence-corrected chi connectivity index (χ0v) is 13.0. The zero-order valence-electron chi connectivity index (χ0n) is 13.0. The van der Waals surface area contributed by atoms with Crippen LogP contribution in [0.1, 0.15) is 41.9 Å². The lowest BCUT2D eigenvalue weighted by Gasteiger charge is -2.40. The monoisotopic (exact) mass is 333 g/mol. The third-order valence-electron chi connectivity index (χ3n) is 3.73. The molecule has 1 N–H and O–H groups in total. The van der Waals surface area contributed by atoms with E-state index >= 15 is 0 Å². The molecule has 1 fully saturated rings. The van der Waals surface area contributed by atoms with E-state index in [1.54, 1.807) is 0 Å².